The first-order chi connectivity index (χ1) is 13.7. The SMILES string of the molecule is N#CC(c1ccnc(NCCc2cccc(Cl)c2)n1)c1nc2ccccc2s1. The Morgan fingerprint density at radius 1 is 1.11 bits per heavy atom. The van der Waals surface area contributed by atoms with Gasteiger partial charge in [-0.05, 0) is 42.3 Å². The van der Waals surface area contributed by atoms with Gasteiger partial charge in [-0.1, -0.05) is 35.9 Å². The molecule has 0 radical (unpaired) electrons. The molecule has 28 heavy (non-hydrogen) atoms. The molecule has 138 valence electrons. The molecule has 1 N–H and O–H groups in total. The number of hydrogen-bond donors (Lipinski definition) is 1. The van der Waals surface area contributed by atoms with Crippen LogP contribution in [0.15, 0.2) is 60.8 Å². The number of benzene rings is 2. The summed E-state index contributed by atoms with van der Waals surface area (Å²) in [6, 6.07) is 19.7. The number of para-hydroxylation sites is 1. The van der Waals surface area contributed by atoms with Crippen LogP contribution in [0.5, 0.6) is 0 Å². The molecule has 4 aromatic rings. The number of rotatable bonds is 6. The van der Waals surface area contributed by atoms with E-state index >= 15 is 0 Å². The summed E-state index contributed by atoms with van der Waals surface area (Å²) in [6.45, 7) is 0.669. The molecule has 0 aliphatic heterocycles. The standard InChI is InChI=1S/C21H16ClN5S/c22-15-5-3-4-14(12-15)8-10-24-21-25-11-9-17(27-21)16(13-23)20-26-18-6-1-2-7-19(18)28-20/h1-7,9,11-12,16H,8,10H2,(H,24,25,27). The van der Waals surface area contributed by atoms with Crippen molar-refractivity contribution in [1.82, 2.24) is 15.0 Å². The van der Waals surface area contributed by atoms with Gasteiger partial charge in [-0.3, -0.25) is 0 Å². The molecule has 2 heterocycles. The Balaban J connectivity index is 1.49. The van der Waals surface area contributed by atoms with Gasteiger partial charge in [-0.2, -0.15) is 5.26 Å². The second-order valence-corrected chi connectivity index (χ2v) is 7.69. The zero-order valence-corrected chi connectivity index (χ0v) is 16.4. The van der Waals surface area contributed by atoms with E-state index in [0.717, 1.165) is 32.2 Å². The van der Waals surface area contributed by atoms with E-state index in [-0.39, 0.29) is 0 Å². The molecule has 0 saturated heterocycles. The number of aromatic nitrogens is 3. The molecule has 0 spiro atoms. The van der Waals surface area contributed by atoms with Crippen molar-refractivity contribution in [2.45, 2.75) is 12.3 Å². The van der Waals surface area contributed by atoms with Crippen LogP contribution in [0, 0.1) is 11.3 Å². The van der Waals surface area contributed by atoms with E-state index in [9.17, 15) is 5.26 Å². The molecule has 5 nitrogen and oxygen atoms in total. The lowest BCUT2D eigenvalue weighted by Crippen LogP contribution is -2.10. The molecule has 7 heteroatoms. The molecule has 0 saturated carbocycles. The van der Waals surface area contributed by atoms with Gasteiger partial charge in [-0.25, -0.2) is 15.0 Å². The normalized spacial score (nSPS) is 11.9. The van der Waals surface area contributed by atoms with Crippen molar-refractivity contribution in [1.29, 1.82) is 5.26 Å². The summed E-state index contributed by atoms with van der Waals surface area (Å²) in [5.41, 5.74) is 2.68. The summed E-state index contributed by atoms with van der Waals surface area (Å²) in [6.07, 6.45) is 2.47. The fraction of sp³-hybridized carbons (Fsp3) is 0.143. The second-order valence-electron chi connectivity index (χ2n) is 6.19. The predicted octanol–water partition coefficient (Wildman–Crippen LogP) is 5.05. The highest BCUT2D eigenvalue weighted by molar-refractivity contribution is 7.18. The van der Waals surface area contributed by atoms with Crippen LogP contribution in [0.3, 0.4) is 0 Å². The Morgan fingerprint density at radius 3 is 2.82 bits per heavy atom. The summed E-state index contributed by atoms with van der Waals surface area (Å²) in [5, 5.41) is 14.4. The predicted molar refractivity (Wildman–Crippen MR) is 113 cm³/mol. The quantitative estimate of drug-likeness (QED) is 0.485. The lowest BCUT2D eigenvalue weighted by Gasteiger charge is -2.09. The molecule has 1 atom stereocenters. The van der Waals surface area contributed by atoms with Crippen LogP contribution >= 0.6 is 22.9 Å². The summed E-state index contributed by atoms with van der Waals surface area (Å²) in [7, 11) is 0. The van der Waals surface area contributed by atoms with Gasteiger partial charge in [0.2, 0.25) is 5.95 Å². The van der Waals surface area contributed by atoms with Crippen LogP contribution < -0.4 is 5.32 Å². The Morgan fingerprint density at radius 2 is 2.00 bits per heavy atom. The number of halogens is 1. The molecule has 0 bridgehead atoms. The number of anilines is 1. The van der Waals surface area contributed by atoms with Crippen molar-refractivity contribution in [2.24, 2.45) is 0 Å². The lowest BCUT2D eigenvalue weighted by molar-refractivity contribution is 0.917. The van der Waals surface area contributed by atoms with Crippen molar-refractivity contribution in [3.63, 3.8) is 0 Å². The van der Waals surface area contributed by atoms with Crippen LogP contribution in [-0.4, -0.2) is 21.5 Å². The summed E-state index contributed by atoms with van der Waals surface area (Å²) < 4.78 is 1.06. The molecule has 0 amide bonds. The topological polar surface area (TPSA) is 74.5 Å². The maximum absolute atomic E-state index is 9.72. The van der Waals surface area contributed by atoms with Crippen molar-refractivity contribution < 1.29 is 0 Å². The molecule has 0 aliphatic carbocycles. The monoisotopic (exact) mass is 405 g/mol. The molecule has 1 unspecified atom stereocenters. The number of hydrogen-bond acceptors (Lipinski definition) is 6. The average Bonchev–Trinajstić information content (AvgIpc) is 3.13. The van der Waals surface area contributed by atoms with Gasteiger partial charge in [0.15, 0.2) is 0 Å². The van der Waals surface area contributed by atoms with Gasteiger partial charge < -0.3 is 5.32 Å². The molecular formula is C21H16ClN5S. The van der Waals surface area contributed by atoms with E-state index < -0.39 is 5.92 Å². The summed E-state index contributed by atoms with van der Waals surface area (Å²) in [4.78, 5) is 13.4. The van der Waals surface area contributed by atoms with Crippen molar-refractivity contribution in [3.8, 4) is 6.07 Å². The minimum Gasteiger partial charge on any atom is -0.354 e. The third-order valence-corrected chi connectivity index (χ3v) is 5.58. The van der Waals surface area contributed by atoms with Crippen LogP contribution in [0.2, 0.25) is 5.02 Å². The molecule has 0 fully saturated rings. The number of nitriles is 1. The Hall–Kier alpha value is -3.01. The van der Waals surface area contributed by atoms with Crippen molar-refractivity contribution >= 4 is 39.1 Å². The van der Waals surface area contributed by atoms with Gasteiger partial charge in [0.25, 0.3) is 0 Å². The van der Waals surface area contributed by atoms with Gasteiger partial charge in [0.1, 0.15) is 10.9 Å². The van der Waals surface area contributed by atoms with Crippen LogP contribution in [0.4, 0.5) is 5.95 Å². The minimum absolute atomic E-state index is 0.501. The highest BCUT2D eigenvalue weighted by atomic mass is 35.5. The van der Waals surface area contributed by atoms with Gasteiger partial charge >= 0.3 is 0 Å². The smallest absolute Gasteiger partial charge is 0.222 e. The van der Waals surface area contributed by atoms with Crippen molar-refractivity contribution in [2.75, 3.05) is 11.9 Å². The van der Waals surface area contributed by atoms with E-state index in [1.54, 1.807) is 12.3 Å². The largest absolute Gasteiger partial charge is 0.354 e. The van der Waals surface area contributed by atoms with Gasteiger partial charge in [0.05, 0.1) is 22.0 Å². The lowest BCUT2D eigenvalue weighted by atomic mass is 10.1. The third-order valence-electron chi connectivity index (χ3n) is 4.25. The Bertz CT molecular complexity index is 1120. The maximum Gasteiger partial charge on any atom is 0.222 e. The summed E-state index contributed by atoms with van der Waals surface area (Å²) in [5.74, 6) is -0.0187. The van der Waals surface area contributed by atoms with Crippen molar-refractivity contribution in [3.05, 3.63) is 82.1 Å². The molecule has 2 aromatic carbocycles. The van der Waals surface area contributed by atoms with Crippen LogP contribution in [-0.2, 0) is 6.42 Å². The number of fused-ring (bicyclic) bond motifs is 1. The summed E-state index contributed by atoms with van der Waals surface area (Å²) >= 11 is 7.54. The highest BCUT2D eigenvalue weighted by Crippen LogP contribution is 2.30. The molecular weight excluding hydrogens is 390 g/mol. The second kappa shape index (κ2) is 8.34. The van der Waals surface area contributed by atoms with E-state index in [2.05, 4.69) is 26.3 Å². The fourth-order valence-electron chi connectivity index (χ4n) is 2.89. The van der Waals surface area contributed by atoms with Gasteiger partial charge in [0, 0.05) is 17.8 Å². The molecule has 4 rings (SSSR count). The first kappa shape index (κ1) is 18.4. The maximum atomic E-state index is 9.72. The Labute approximate surface area is 171 Å². The van der Waals surface area contributed by atoms with Crippen LogP contribution in [0.25, 0.3) is 10.2 Å². The van der Waals surface area contributed by atoms with Gasteiger partial charge in [-0.15, -0.1) is 11.3 Å². The minimum atomic E-state index is -0.520. The first-order valence-electron chi connectivity index (χ1n) is 8.79. The van der Waals surface area contributed by atoms with E-state index in [1.165, 1.54) is 11.3 Å². The average molecular weight is 406 g/mol. The van der Waals surface area contributed by atoms with E-state index in [0.29, 0.717) is 18.2 Å². The third kappa shape index (κ3) is 4.11. The number of nitrogens with one attached hydrogen (secondary N) is 1. The highest BCUT2D eigenvalue weighted by Gasteiger charge is 2.20. The van der Waals surface area contributed by atoms with E-state index in [1.807, 2.05) is 48.5 Å². The number of nitrogens with zero attached hydrogens (tertiary/aromatic N) is 4. The fourth-order valence-corrected chi connectivity index (χ4v) is 4.13. The zero-order chi connectivity index (χ0) is 19.3. The van der Waals surface area contributed by atoms with Crippen LogP contribution in [0.1, 0.15) is 22.2 Å². The number of thiazole rings is 1. The zero-order valence-electron chi connectivity index (χ0n) is 14.8. The molecule has 2 aromatic heterocycles. The molecule has 0 aliphatic rings. The Kier molecular flexibility index (Phi) is 5.47. The first-order valence-corrected chi connectivity index (χ1v) is 9.99. The van der Waals surface area contributed by atoms with E-state index in [4.69, 9.17) is 11.6 Å².